The van der Waals surface area contributed by atoms with Crippen LogP contribution in [0.25, 0.3) is 0 Å². The first-order valence-electron chi connectivity index (χ1n) is 7.04. The van der Waals surface area contributed by atoms with Crippen molar-refractivity contribution in [2.45, 2.75) is 52.4 Å². The SMILES string of the molecule is Cc1cc(C)c(CNCC2(O)CCOC2C)cc1C. The molecule has 0 aliphatic carbocycles. The summed E-state index contributed by atoms with van der Waals surface area (Å²) >= 11 is 0. The number of ether oxygens (including phenoxy) is 1. The Balaban J connectivity index is 1.94. The molecule has 0 amide bonds. The van der Waals surface area contributed by atoms with Crippen LogP contribution in [0.3, 0.4) is 0 Å². The van der Waals surface area contributed by atoms with Crippen molar-refractivity contribution >= 4 is 0 Å². The molecule has 106 valence electrons. The zero-order chi connectivity index (χ0) is 14.0. The maximum absolute atomic E-state index is 10.4. The average molecular weight is 263 g/mol. The smallest absolute Gasteiger partial charge is 0.105 e. The lowest BCUT2D eigenvalue weighted by Crippen LogP contribution is -2.45. The Kier molecular flexibility index (Phi) is 4.29. The predicted molar refractivity (Wildman–Crippen MR) is 77.3 cm³/mol. The van der Waals surface area contributed by atoms with Gasteiger partial charge in [-0.1, -0.05) is 12.1 Å². The van der Waals surface area contributed by atoms with Gasteiger partial charge in [-0.2, -0.15) is 0 Å². The summed E-state index contributed by atoms with van der Waals surface area (Å²) in [4.78, 5) is 0. The lowest BCUT2D eigenvalue weighted by Gasteiger charge is -2.26. The molecule has 19 heavy (non-hydrogen) atoms. The van der Waals surface area contributed by atoms with E-state index < -0.39 is 5.60 Å². The third-order valence-corrected chi connectivity index (χ3v) is 4.36. The molecule has 0 spiro atoms. The molecule has 3 nitrogen and oxygen atoms in total. The van der Waals surface area contributed by atoms with E-state index in [9.17, 15) is 5.11 Å². The minimum Gasteiger partial charge on any atom is -0.386 e. The molecule has 2 atom stereocenters. The van der Waals surface area contributed by atoms with Crippen LogP contribution in [0.2, 0.25) is 0 Å². The normalized spacial score (nSPS) is 26.9. The first-order valence-corrected chi connectivity index (χ1v) is 7.04. The summed E-state index contributed by atoms with van der Waals surface area (Å²) in [5.74, 6) is 0. The summed E-state index contributed by atoms with van der Waals surface area (Å²) in [6, 6.07) is 4.46. The molecule has 2 unspecified atom stereocenters. The van der Waals surface area contributed by atoms with Gasteiger partial charge in [0.25, 0.3) is 0 Å². The zero-order valence-corrected chi connectivity index (χ0v) is 12.4. The molecular formula is C16H25NO2. The standard InChI is InChI=1S/C16H25NO2/c1-11-7-13(3)15(8-12(11)2)9-17-10-16(18)5-6-19-14(16)4/h7-8,14,17-18H,5-6,9-10H2,1-4H3. The summed E-state index contributed by atoms with van der Waals surface area (Å²) in [5, 5.41) is 13.8. The zero-order valence-electron chi connectivity index (χ0n) is 12.4. The van der Waals surface area contributed by atoms with E-state index in [1.165, 1.54) is 22.3 Å². The molecule has 0 saturated carbocycles. The van der Waals surface area contributed by atoms with Crippen molar-refractivity contribution in [2.24, 2.45) is 0 Å². The summed E-state index contributed by atoms with van der Waals surface area (Å²) in [5.41, 5.74) is 4.54. The third kappa shape index (κ3) is 3.16. The summed E-state index contributed by atoms with van der Waals surface area (Å²) < 4.78 is 5.44. The minimum atomic E-state index is -0.715. The minimum absolute atomic E-state index is 0.0825. The van der Waals surface area contributed by atoms with Crippen molar-refractivity contribution in [2.75, 3.05) is 13.2 Å². The Morgan fingerprint density at radius 2 is 1.95 bits per heavy atom. The Hall–Kier alpha value is -0.900. The topological polar surface area (TPSA) is 41.5 Å². The second-order valence-corrected chi connectivity index (χ2v) is 5.83. The molecule has 0 aromatic heterocycles. The second kappa shape index (κ2) is 5.61. The second-order valence-electron chi connectivity index (χ2n) is 5.83. The fourth-order valence-corrected chi connectivity index (χ4v) is 2.63. The monoisotopic (exact) mass is 263 g/mol. The van der Waals surface area contributed by atoms with Gasteiger partial charge in [0, 0.05) is 26.1 Å². The molecule has 0 bridgehead atoms. The van der Waals surface area contributed by atoms with Gasteiger partial charge in [0.15, 0.2) is 0 Å². The number of hydrogen-bond acceptors (Lipinski definition) is 3. The highest BCUT2D eigenvalue weighted by molar-refractivity contribution is 5.36. The Morgan fingerprint density at radius 1 is 1.26 bits per heavy atom. The van der Waals surface area contributed by atoms with Gasteiger partial charge >= 0.3 is 0 Å². The van der Waals surface area contributed by atoms with Gasteiger partial charge in [0.05, 0.1) is 6.10 Å². The number of aryl methyl sites for hydroxylation is 3. The van der Waals surface area contributed by atoms with E-state index in [4.69, 9.17) is 4.74 Å². The fourth-order valence-electron chi connectivity index (χ4n) is 2.63. The van der Waals surface area contributed by atoms with Crippen LogP contribution in [0.5, 0.6) is 0 Å². The number of nitrogens with one attached hydrogen (secondary N) is 1. The Bertz CT molecular complexity index is 458. The maximum Gasteiger partial charge on any atom is 0.105 e. The Labute approximate surface area is 116 Å². The molecule has 1 aliphatic rings. The molecule has 3 heteroatoms. The van der Waals surface area contributed by atoms with E-state index in [0.717, 1.165) is 6.54 Å². The number of rotatable bonds is 4. The highest BCUT2D eigenvalue weighted by Gasteiger charge is 2.38. The van der Waals surface area contributed by atoms with Crippen molar-refractivity contribution in [1.29, 1.82) is 0 Å². The van der Waals surface area contributed by atoms with E-state index in [1.807, 2.05) is 6.92 Å². The molecule has 1 aromatic carbocycles. The number of hydrogen-bond donors (Lipinski definition) is 2. The fraction of sp³-hybridized carbons (Fsp3) is 0.625. The average Bonchev–Trinajstić information content (AvgIpc) is 2.66. The van der Waals surface area contributed by atoms with E-state index in [0.29, 0.717) is 19.6 Å². The van der Waals surface area contributed by atoms with Gasteiger partial charge in [0.1, 0.15) is 5.60 Å². The first-order chi connectivity index (χ1) is 8.92. The van der Waals surface area contributed by atoms with Gasteiger partial charge in [0.2, 0.25) is 0 Å². The van der Waals surface area contributed by atoms with Crippen molar-refractivity contribution < 1.29 is 9.84 Å². The van der Waals surface area contributed by atoms with Crippen LogP contribution in [0.15, 0.2) is 12.1 Å². The molecule has 2 rings (SSSR count). The lowest BCUT2D eigenvalue weighted by atomic mass is 9.96. The van der Waals surface area contributed by atoms with Gasteiger partial charge in [-0.25, -0.2) is 0 Å². The van der Waals surface area contributed by atoms with Crippen LogP contribution in [0.1, 0.15) is 35.6 Å². The van der Waals surface area contributed by atoms with Crippen molar-refractivity contribution in [3.63, 3.8) is 0 Å². The molecule has 1 saturated heterocycles. The van der Waals surface area contributed by atoms with Crippen LogP contribution in [0.4, 0.5) is 0 Å². The van der Waals surface area contributed by atoms with Gasteiger partial charge in [-0.05, 0) is 49.9 Å². The quantitative estimate of drug-likeness (QED) is 0.875. The van der Waals surface area contributed by atoms with Crippen molar-refractivity contribution in [3.8, 4) is 0 Å². The van der Waals surface area contributed by atoms with Crippen molar-refractivity contribution in [3.05, 3.63) is 34.4 Å². The lowest BCUT2D eigenvalue weighted by molar-refractivity contribution is -0.0263. The molecule has 1 aliphatic heterocycles. The molecule has 1 fully saturated rings. The maximum atomic E-state index is 10.4. The third-order valence-electron chi connectivity index (χ3n) is 4.36. The predicted octanol–water partition coefficient (Wildman–Crippen LogP) is 2.24. The van der Waals surface area contributed by atoms with Crippen LogP contribution in [0, 0.1) is 20.8 Å². The summed E-state index contributed by atoms with van der Waals surface area (Å²) in [6.45, 7) is 10.4. The molecule has 1 aromatic rings. The van der Waals surface area contributed by atoms with E-state index >= 15 is 0 Å². The van der Waals surface area contributed by atoms with Gasteiger partial charge in [-0.15, -0.1) is 0 Å². The summed E-state index contributed by atoms with van der Waals surface area (Å²) in [7, 11) is 0. The van der Waals surface area contributed by atoms with Crippen LogP contribution in [-0.2, 0) is 11.3 Å². The number of benzene rings is 1. The first kappa shape index (κ1) is 14.5. The van der Waals surface area contributed by atoms with Crippen molar-refractivity contribution in [1.82, 2.24) is 5.32 Å². The van der Waals surface area contributed by atoms with E-state index in [2.05, 4.69) is 38.2 Å². The van der Waals surface area contributed by atoms with Gasteiger partial charge in [-0.3, -0.25) is 0 Å². The largest absolute Gasteiger partial charge is 0.386 e. The number of aliphatic hydroxyl groups is 1. The summed E-state index contributed by atoms with van der Waals surface area (Å²) in [6.07, 6.45) is 0.633. The van der Waals surface area contributed by atoms with Crippen LogP contribution < -0.4 is 5.32 Å². The van der Waals surface area contributed by atoms with E-state index in [1.54, 1.807) is 0 Å². The van der Waals surface area contributed by atoms with Gasteiger partial charge < -0.3 is 15.2 Å². The molecule has 1 heterocycles. The highest BCUT2D eigenvalue weighted by Crippen LogP contribution is 2.25. The van der Waals surface area contributed by atoms with Crippen LogP contribution >= 0.6 is 0 Å². The highest BCUT2D eigenvalue weighted by atomic mass is 16.5. The van der Waals surface area contributed by atoms with E-state index in [-0.39, 0.29) is 6.10 Å². The molecule has 0 radical (unpaired) electrons. The molecule has 2 N–H and O–H groups in total. The van der Waals surface area contributed by atoms with Crippen LogP contribution in [-0.4, -0.2) is 30.0 Å². The Morgan fingerprint density at radius 3 is 2.58 bits per heavy atom. The molecular weight excluding hydrogens is 238 g/mol.